The quantitative estimate of drug-likeness (QED) is 0.792. The standard InChI is InChI=1S/C16H18N6OS/c1-10-11(2)24-16(18-10)20-15(23)12-9-17-22-8-5-13(19-14(12)22)21-6-3-4-7-21/h5,8-9H,3-4,6-7H2,1-2H3,(H,18,20,23). The number of aryl methyl sites for hydroxylation is 2. The molecule has 0 aromatic carbocycles. The Balaban J connectivity index is 1.65. The summed E-state index contributed by atoms with van der Waals surface area (Å²) in [4.78, 5) is 24.9. The summed E-state index contributed by atoms with van der Waals surface area (Å²) >= 11 is 1.47. The Hall–Kier alpha value is -2.48. The molecule has 3 aromatic heterocycles. The minimum atomic E-state index is -0.232. The number of carbonyl (C=O) groups excluding carboxylic acids is 1. The first kappa shape index (κ1) is 15.1. The maximum Gasteiger partial charge on any atom is 0.262 e. The van der Waals surface area contributed by atoms with E-state index in [4.69, 9.17) is 0 Å². The second-order valence-electron chi connectivity index (χ2n) is 5.92. The van der Waals surface area contributed by atoms with E-state index in [1.165, 1.54) is 24.2 Å². The number of amides is 1. The number of anilines is 2. The van der Waals surface area contributed by atoms with Gasteiger partial charge in [0.15, 0.2) is 10.8 Å². The van der Waals surface area contributed by atoms with Crippen LogP contribution in [-0.4, -0.2) is 38.6 Å². The number of hydrogen-bond donors (Lipinski definition) is 1. The summed E-state index contributed by atoms with van der Waals surface area (Å²) in [6.45, 7) is 5.94. The Labute approximate surface area is 143 Å². The third-order valence-corrected chi connectivity index (χ3v) is 5.27. The zero-order valence-corrected chi connectivity index (χ0v) is 14.4. The van der Waals surface area contributed by atoms with Gasteiger partial charge in [0.05, 0.1) is 11.9 Å². The lowest BCUT2D eigenvalue weighted by molar-refractivity contribution is 0.102. The van der Waals surface area contributed by atoms with E-state index in [-0.39, 0.29) is 5.91 Å². The van der Waals surface area contributed by atoms with Gasteiger partial charge in [0.25, 0.3) is 5.91 Å². The molecule has 0 unspecified atom stereocenters. The Morgan fingerprint density at radius 3 is 2.75 bits per heavy atom. The van der Waals surface area contributed by atoms with Crippen molar-refractivity contribution in [2.45, 2.75) is 26.7 Å². The van der Waals surface area contributed by atoms with Gasteiger partial charge < -0.3 is 4.90 Å². The van der Waals surface area contributed by atoms with E-state index in [0.717, 1.165) is 29.5 Å². The molecule has 1 aliphatic rings. The van der Waals surface area contributed by atoms with Crippen molar-refractivity contribution in [2.24, 2.45) is 0 Å². The molecule has 0 saturated carbocycles. The zero-order valence-electron chi connectivity index (χ0n) is 13.6. The van der Waals surface area contributed by atoms with Crippen molar-refractivity contribution in [2.75, 3.05) is 23.3 Å². The van der Waals surface area contributed by atoms with Crippen LogP contribution in [0, 0.1) is 13.8 Å². The van der Waals surface area contributed by atoms with Gasteiger partial charge in [0.1, 0.15) is 11.4 Å². The number of thiazole rings is 1. The number of fused-ring (bicyclic) bond motifs is 1. The predicted molar refractivity (Wildman–Crippen MR) is 94.0 cm³/mol. The Bertz CT molecular complexity index is 889. The van der Waals surface area contributed by atoms with Crippen LogP contribution in [0.1, 0.15) is 33.8 Å². The van der Waals surface area contributed by atoms with Crippen LogP contribution in [0.4, 0.5) is 10.9 Å². The lowest BCUT2D eigenvalue weighted by Crippen LogP contribution is -2.19. The number of nitrogens with one attached hydrogen (secondary N) is 1. The summed E-state index contributed by atoms with van der Waals surface area (Å²) < 4.78 is 1.63. The fraction of sp³-hybridized carbons (Fsp3) is 0.375. The van der Waals surface area contributed by atoms with E-state index in [2.05, 4.69) is 25.3 Å². The van der Waals surface area contributed by atoms with Crippen LogP contribution in [0.2, 0.25) is 0 Å². The molecule has 0 atom stereocenters. The molecule has 1 N–H and O–H groups in total. The first-order valence-corrected chi connectivity index (χ1v) is 8.78. The number of hydrogen-bond acceptors (Lipinski definition) is 6. The second-order valence-corrected chi connectivity index (χ2v) is 7.12. The first-order valence-electron chi connectivity index (χ1n) is 7.96. The maximum atomic E-state index is 12.6. The highest BCUT2D eigenvalue weighted by atomic mass is 32.1. The lowest BCUT2D eigenvalue weighted by Gasteiger charge is -2.16. The number of carbonyl (C=O) groups is 1. The molecule has 1 fully saturated rings. The smallest absolute Gasteiger partial charge is 0.262 e. The Kier molecular flexibility index (Phi) is 3.68. The lowest BCUT2D eigenvalue weighted by atomic mass is 10.3. The highest BCUT2D eigenvalue weighted by Crippen LogP contribution is 2.23. The molecule has 4 rings (SSSR count). The molecule has 0 bridgehead atoms. The molecule has 3 aromatic rings. The topological polar surface area (TPSA) is 75.4 Å². The van der Waals surface area contributed by atoms with Crippen LogP contribution in [0.5, 0.6) is 0 Å². The largest absolute Gasteiger partial charge is 0.357 e. The van der Waals surface area contributed by atoms with Crippen molar-refractivity contribution < 1.29 is 4.79 Å². The van der Waals surface area contributed by atoms with Crippen molar-refractivity contribution in [3.05, 3.63) is 34.6 Å². The Morgan fingerprint density at radius 1 is 1.25 bits per heavy atom. The minimum absolute atomic E-state index is 0.232. The third-order valence-electron chi connectivity index (χ3n) is 4.28. The van der Waals surface area contributed by atoms with E-state index in [1.54, 1.807) is 10.7 Å². The van der Waals surface area contributed by atoms with Gasteiger partial charge in [-0.2, -0.15) is 5.10 Å². The van der Waals surface area contributed by atoms with Crippen LogP contribution in [0.15, 0.2) is 18.5 Å². The average molecular weight is 342 g/mol. The first-order chi connectivity index (χ1) is 11.6. The highest BCUT2D eigenvalue weighted by molar-refractivity contribution is 7.15. The summed E-state index contributed by atoms with van der Waals surface area (Å²) in [5.41, 5.74) is 1.97. The average Bonchev–Trinajstić information content (AvgIpc) is 3.28. The van der Waals surface area contributed by atoms with Gasteiger partial charge >= 0.3 is 0 Å². The molecule has 1 saturated heterocycles. The molecule has 7 nitrogen and oxygen atoms in total. The fourth-order valence-corrected chi connectivity index (χ4v) is 3.64. The normalized spacial score (nSPS) is 14.5. The number of aromatic nitrogens is 4. The molecule has 4 heterocycles. The fourth-order valence-electron chi connectivity index (χ4n) is 2.83. The van der Waals surface area contributed by atoms with E-state index in [0.29, 0.717) is 16.3 Å². The third kappa shape index (κ3) is 2.62. The van der Waals surface area contributed by atoms with Gasteiger partial charge in [0, 0.05) is 24.2 Å². The molecule has 0 radical (unpaired) electrons. The van der Waals surface area contributed by atoms with Crippen LogP contribution in [0.3, 0.4) is 0 Å². The monoisotopic (exact) mass is 342 g/mol. The van der Waals surface area contributed by atoms with Gasteiger partial charge in [-0.3, -0.25) is 10.1 Å². The zero-order chi connectivity index (χ0) is 16.7. The maximum absolute atomic E-state index is 12.6. The van der Waals surface area contributed by atoms with E-state index >= 15 is 0 Å². The van der Waals surface area contributed by atoms with E-state index in [9.17, 15) is 4.79 Å². The summed E-state index contributed by atoms with van der Waals surface area (Å²) in [5, 5.41) is 7.68. The van der Waals surface area contributed by atoms with Crippen molar-refractivity contribution in [3.8, 4) is 0 Å². The molecule has 1 aliphatic heterocycles. The van der Waals surface area contributed by atoms with Crippen molar-refractivity contribution in [1.82, 2.24) is 19.6 Å². The van der Waals surface area contributed by atoms with E-state index < -0.39 is 0 Å². The molecular formula is C16H18N6OS. The predicted octanol–water partition coefficient (Wildman–Crippen LogP) is 2.66. The van der Waals surface area contributed by atoms with Gasteiger partial charge in [-0.25, -0.2) is 14.5 Å². The molecule has 1 amide bonds. The molecule has 124 valence electrons. The summed E-state index contributed by atoms with van der Waals surface area (Å²) in [6, 6.07) is 1.94. The van der Waals surface area contributed by atoms with Gasteiger partial charge in [-0.1, -0.05) is 0 Å². The SMILES string of the molecule is Cc1nc(NC(=O)c2cnn3ccc(N4CCCC4)nc23)sc1C. The highest BCUT2D eigenvalue weighted by Gasteiger charge is 2.19. The summed E-state index contributed by atoms with van der Waals surface area (Å²) in [5.74, 6) is 0.667. The minimum Gasteiger partial charge on any atom is -0.357 e. The van der Waals surface area contributed by atoms with Crippen molar-refractivity contribution >= 4 is 33.8 Å². The van der Waals surface area contributed by atoms with Gasteiger partial charge in [0.2, 0.25) is 0 Å². The molecule has 8 heteroatoms. The molecule has 0 spiro atoms. The van der Waals surface area contributed by atoms with E-state index in [1.807, 2.05) is 26.1 Å². The molecule has 0 aliphatic carbocycles. The van der Waals surface area contributed by atoms with Crippen molar-refractivity contribution in [1.29, 1.82) is 0 Å². The van der Waals surface area contributed by atoms with Crippen LogP contribution >= 0.6 is 11.3 Å². The summed E-state index contributed by atoms with van der Waals surface area (Å²) in [7, 11) is 0. The molecular weight excluding hydrogens is 324 g/mol. The van der Waals surface area contributed by atoms with Crippen molar-refractivity contribution in [3.63, 3.8) is 0 Å². The number of rotatable bonds is 3. The van der Waals surface area contributed by atoms with Crippen LogP contribution in [-0.2, 0) is 0 Å². The van der Waals surface area contributed by atoms with Crippen LogP contribution in [0.25, 0.3) is 5.65 Å². The van der Waals surface area contributed by atoms with Gasteiger partial charge in [-0.05, 0) is 32.8 Å². The number of nitrogens with zero attached hydrogens (tertiary/aromatic N) is 5. The second kappa shape index (κ2) is 5.86. The Morgan fingerprint density at radius 2 is 2.04 bits per heavy atom. The van der Waals surface area contributed by atoms with Gasteiger partial charge in [-0.15, -0.1) is 11.3 Å². The molecule has 24 heavy (non-hydrogen) atoms. The van der Waals surface area contributed by atoms with Crippen LogP contribution < -0.4 is 10.2 Å². The summed E-state index contributed by atoms with van der Waals surface area (Å²) in [6.07, 6.45) is 5.77.